The van der Waals surface area contributed by atoms with Gasteiger partial charge in [-0.05, 0) is 18.1 Å². The van der Waals surface area contributed by atoms with Crippen molar-refractivity contribution in [1.29, 1.82) is 0 Å². The van der Waals surface area contributed by atoms with Crippen molar-refractivity contribution in [3.05, 3.63) is 46.1 Å². The average Bonchev–Trinajstić information content (AvgIpc) is 2.84. The number of hydrogen-bond acceptors (Lipinski definition) is 3. The maximum Gasteiger partial charge on any atom is 0.265 e. The maximum absolute atomic E-state index is 12.5. The summed E-state index contributed by atoms with van der Waals surface area (Å²) in [6, 6.07) is 8.95. The molecule has 3 rings (SSSR count). The summed E-state index contributed by atoms with van der Waals surface area (Å²) in [7, 11) is 0. The van der Waals surface area contributed by atoms with Crippen molar-refractivity contribution < 1.29 is 9.59 Å². The van der Waals surface area contributed by atoms with Gasteiger partial charge in [-0.1, -0.05) is 41.1 Å². The Hall–Kier alpha value is -1.95. The first kappa shape index (κ1) is 13.1. The molecule has 1 atom stereocenters. The highest BCUT2D eigenvalue weighted by atomic mass is 79.9. The van der Waals surface area contributed by atoms with Crippen LogP contribution in [0.15, 0.2) is 34.8 Å². The van der Waals surface area contributed by atoms with Gasteiger partial charge >= 0.3 is 0 Å². The Morgan fingerprint density at radius 2 is 2.10 bits per heavy atom. The van der Waals surface area contributed by atoms with Gasteiger partial charge in [0.2, 0.25) is 5.91 Å². The molecule has 0 bridgehead atoms. The third-order valence-electron chi connectivity index (χ3n) is 3.31. The number of nitrogens with one attached hydrogen (secondary N) is 1. The van der Waals surface area contributed by atoms with E-state index in [-0.39, 0.29) is 11.8 Å². The van der Waals surface area contributed by atoms with Gasteiger partial charge in [-0.25, -0.2) is 0 Å². The molecule has 1 N–H and O–H groups in total. The van der Waals surface area contributed by atoms with Crippen LogP contribution in [0.3, 0.4) is 0 Å². The molecule has 0 aliphatic carbocycles. The van der Waals surface area contributed by atoms with E-state index in [2.05, 4.69) is 26.3 Å². The molecule has 0 radical (unpaired) electrons. The molecular weight excluding hydrogens is 322 g/mol. The minimum atomic E-state index is -0.873. The Labute approximate surface area is 124 Å². The van der Waals surface area contributed by atoms with Crippen LogP contribution in [0, 0.1) is 0 Å². The fourth-order valence-corrected chi connectivity index (χ4v) is 2.79. The molecule has 1 aliphatic heterocycles. The van der Waals surface area contributed by atoms with Crippen LogP contribution < -0.4 is 5.32 Å². The summed E-state index contributed by atoms with van der Waals surface area (Å²) in [6.45, 7) is 1.95. The molecule has 0 fully saturated rings. The number of nitrogens with zero attached hydrogens (tertiary/aromatic N) is 2. The van der Waals surface area contributed by atoms with E-state index in [1.165, 1.54) is 4.68 Å². The van der Waals surface area contributed by atoms with Crippen molar-refractivity contribution in [3.8, 4) is 0 Å². The molecule has 20 heavy (non-hydrogen) atoms. The molecule has 0 saturated carbocycles. The molecule has 1 aliphatic rings. The third kappa shape index (κ3) is 1.96. The van der Waals surface area contributed by atoms with Gasteiger partial charge in [-0.2, -0.15) is 9.78 Å². The van der Waals surface area contributed by atoms with Crippen LogP contribution in [-0.2, 0) is 11.2 Å². The number of rotatable bonds is 2. The first-order valence-electron chi connectivity index (χ1n) is 6.30. The van der Waals surface area contributed by atoms with E-state index >= 15 is 0 Å². The molecule has 1 aromatic carbocycles. The molecule has 5 nitrogen and oxygen atoms in total. The van der Waals surface area contributed by atoms with E-state index in [1.807, 2.05) is 19.1 Å². The van der Waals surface area contributed by atoms with Gasteiger partial charge in [-0.15, -0.1) is 0 Å². The van der Waals surface area contributed by atoms with Gasteiger partial charge < -0.3 is 5.32 Å². The van der Waals surface area contributed by atoms with Gasteiger partial charge in [0, 0.05) is 10.5 Å². The summed E-state index contributed by atoms with van der Waals surface area (Å²) < 4.78 is 2.02. The summed E-state index contributed by atoms with van der Waals surface area (Å²) in [5, 5.41) is 6.97. The van der Waals surface area contributed by atoms with Crippen LogP contribution in [-0.4, -0.2) is 21.6 Å². The minimum absolute atomic E-state index is 0.322. The van der Waals surface area contributed by atoms with Gasteiger partial charge in [0.1, 0.15) is 11.7 Å². The van der Waals surface area contributed by atoms with Crippen LogP contribution >= 0.6 is 15.9 Å². The van der Waals surface area contributed by atoms with Gasteiger partial charge in [0.05, 0.1) is 5.69 Å². The van der Waals surface area contributed by atoms with Crippen LogP contribution in [0.2, 0.25) is 0 Å². The lowest BCUT2D eigenvalue weighted by Crippen LogP contribution is -2.38. The predicted molar refractivity (Wildman–Crippen MR) is 77.7 cm³/mol. The second-order valence-corrected chi connectivity index (χ2v) is 5.42. The summed E-state index contributed by atoms with van der Waals surface area (Å²) in [6.07, 6.45) is 0.711. The highest BCUT2D eigenvalue weighted by molar-refractivity contribution is 9.10. The number of aromatic nitrogens is 2. The Kier molecular flexibility index (Phi) is 3.17. The number of carbonyl (C=O) groups excluding carboxylic acids is 2. The van der Waals surface area contributed by atoms with Crippen molar-refractivity contribution in [1.82, 2.24) is 9.78 Å². The predicted octanol–water partition coefficient (Wildman–Crippen LogP) is 2.58. The number of aryl methyl sites for hydroxylation is 1. The number of hydrogen-bond donors (Lipinski definition) is 1. The van der Waals surface area contributed by atoms with Crippen molar-refractivity contribution in [3.63, 3.8) is 0 Å². The van der Waals surface area contributed by atoms with Crippen LogP contribution in [0.4, 0.5) is 5.82 Å². The summed E-state index contributed by atoms with van der Waals surface area (Å²) in [4.78, 5) is 24.8. The maximum atomic E-state index is 12.5. The lowest BCUT2D eigenvalue weighted by atomic mass is 9.96. The first-order valence-corrected chi connectivity index (χ1v) is 7.09. The van der Waals surface area contributed by atoms with Crippen molar-refractivity contribution in [2.45, 2.75) is 19.3 Å². The van der Waals surface area contributed by atoms with Crippen LogP contribution in [0.5, 0.6) is 0 Å². The second-order valence-electron chi connectivity index (χ2n) is 4.57. The zero-order valence-electron chi connectivity index (χ0n) is 10.8. The lowest BCUT2D eigenvalue weighted by molar-refractivity contribution is -0.117. The number of halogens is 1. The number of benzene rings is 1. The van der Waals surface area contributed by atoms with Crippen molar-refractivity contribution in [2.75, 3.05) is 5.32 Å². The summed E-state index contributed by atoms with van der Waals surface area (Å²) in [5.41, 5.74) is 1.43. The summed E-state index contributed by atoms with van der Waals surface area (Å²) in [5.74, 6) is -1.07. The molecular formula is C14H12BrN3O2. The Morgan fingerprint density at radius 3 is 2.80 bits per heavy atom. The highest BCUT2D eigenvalue weighted by Crippen LogP contribution is 2.31. The second kappa shape index (κ2) is 4.86. The molecule has 2 aromatic rings. The summed E-state index contributed by atoms with van der Waals surface area (Å²) >= 11 is 3.38. The van der Waals surface area contributed by atoms with E-state index in [0.29, 0.717) is 17.8 Å². The molecule has 1 unspecified atom stereocenters. The molecule has 6 heteroatoms. The quantitative estimate of drug-likeness (QED) is 0.859. The zero-order chi connectivity index (χ0) is 14.3. The van der Waals surface area contributed by atoms with E-state index in [9.17, 15) is 9.59 Å². The van der Waals surface area contributed by atoms with Crippen LogP contribution in [0.25, 0.3) is 0 Å². The zero-order valence-corrected chi connectivity index (χ0v) is 12.3. The van der Waals surface area contributed by atoms with Crippen molar-refractivity contribution in [2.24, 2.45) is 0 Å². The molecule has 0 spiro atoms. The van der Waals surface area contributed by atoms with E-state index in [0.717, 1.165) is 10.2 Å². The number of carbonyl (C=O) groups is 2. The van der Waals surface area contributed by atoms with Gasteiger partial charge in [0.25, 0.3) is 5.91 Å². The Bertz CT molecular complexity index is 708. The minimum Gasteiger partial charge on any atom is -0.309 e. The standard InChI is InChI=1S/C14H12BrN3O2/c1-2-8-7-11-16-13(19)12(14(20)18(11)17-8)9-5-3-4-6-10(9)15/h3-7,12H,2H2,1H3,(H,16,19). The molecule has 102 valence electrons. The molecule has 1 amide bonds. The van der Waals surface area contributed by atoms with Gasteiger partial charge in [-0.3, -0.25) is 9.59 Å². The van der Waals surface area contributed by atoms with Crippen molar-refractivity contribution >= 4 is 33.6 Å². The van der Waals surface area contributed by atoms with E-state index in [1.54, 1.807) is 18.2 Å². The monoisotopic (exact) mass is 333 g/mol. The third-order valence-corrected chi connectivity index (χ3v) is 4.03. The smallest absolute Gasteiger partial charge is 0.265 e. The first-order chi connectivity index (χ1) is 9.61. The normalized spacial score (nSPS) is 17.8. The SMILES string of the molecule is CCc1cc2n(n1)C(=O)C(c1ccccc1Br)C(=O)N2. The highest BCUT2D eigenvalue weighted by Gasteiger charge is 2.37. The largest absolute Gasteiger partial charge is 0.309 e. The molecule has 1 aromatic heterocycles. The van der Waals surface area contributed by atoms with Gasteiger partial charge in [0.15, 0.2) is 0 Å². The lowest BCUT2D eigenvalue weighted by Gasteiger charge is -2.22. The Morgan fingerprint density at radius 1 is 1.35 bits per heavy atom. The fourth-order valence-electron chi connectivity index (χ4n) is 2.28. The number of anilines is 1. The number of fused-ring (bicyclic) bond motifs is 1. The molecule has 0 saturated heterocycles. The number of amides is 1. The fraction of sp³-hybridized carbons (Fsp3) is 0.214. The molecule has 2 heterocycles. The van der Waals surface area contributed by atoms with Crippen LogP contribution in [0.1, 0.15) is 28.9 Å². The Balaban J connectivity index is 2.08. The average molecular weight is 334 g/mol. The van der Waals surface area contributed by atoms with E-state index in [4.69, 9.17) is 0 Å². The topological polar surface area (TPSA) is 64.0 Å². The van der Waals surface area contributed by atoms with E-state index < -0.39 is 5.92 Å².